The maximum atomic E-state index is 4.64. The zero-order valence-corrected chi connectivity index (χ0v) is 17.6. The quantitative estimate of drug-likeness (QED) is 0.510. The number of nitrogens with zero attached hydrogens (tertiary/aromatic N) is 7. The largest absolute Gasteiger partial charge is 0.351 e. The number of anilines is 2. The van der Waals surface area contributed by atoms with E-state index in [1.54, 1.807) is 6.33 Å². The maximum absolute atomic E-state index is 4.64. The highest BCUT2D eigenvalue weighted by atomic mass is 15.3. The average molecular weight is 412 g/mol. The minimum absolute atomic E-state index is 0.781. The van der Waals surface area contributed by atoms with E-state index in [4.69, 9.17) is 0 Å². The van der Waals surface area contributed by atoms with Crippen molar-refractivity contribution >= 4 is 17.3 Å². The number of aryl methyl sites for hydroxylation is 1. The van der Waals surface area contributed by atoms with E-state index in [0.717, 1.165) is 54.9 Å². The first-order chi connectivity index (χ1) is 15.2. The molecule has 2 aliphatic rings. The highest BCUT2D eigenvalue weighted by molar-refractivity contribution is 5.77. The summed E-state index contributed by atoms with van der Waals surface area (Å²) < 4.78 is 1.95. The van der Waals surface area contributed by atoms with Gasteiger partial charge in [0.05, 0.1) is 0 Å². The van der Waals surface area contributed by atoms with E-state index >= 15 is 0 Å². The van der Waals surface area contributed by atoms with Gasteiger partial charge in [-0.25, -0.2) is 19.5 Å². The molecule has 1 saturated heterocycles. The molecule has 0 radical (unpaired) electrons. The molecule has 0 bridgehead atoms. The second-order valence-electron chi connectivity index (χ2n) is 8.57. The van der Waals surface area contributed by atoms with E-state index in [1.807, 2.05) is 23.8 Å². The Bertz CT molecular complexity index is 1200. The zero-order chi connectivity index (χ0) is 20.8. The SMILES string of the molecule is Cc1cnc(N2CCN(c3ncnn4cc(-c5ccc(C6CC6)cc5)cc34)CC2)nc1. The first-order valence-electron chi connectivity index (χ1n) is 11.0. The highest BCUT2D eigenvalue weighted by Gasteiger charge is 2.24. The lowest BCUT2D eigenvalue weighted by Crippen LogP contribution is -2.47. The molecular formula is C24H25N7. The van der Waals surface area contributed by atoms with Gasteiger partial charge in [0.1, 0.15) is 11.8 Å². The third kappa shape index (κ3) is 3.50. The van der Waals surface area contributed by atoms with Crippen LogP contribution in [-0.2, 0) is 0 Å². The van der Waals surface area contributed by atoms with E-state index in [9.17, 15) is 0 Å². The molecule has 31 heavy (non-hydrogen) atoms. The van der Waals surface area contributed by atoms with Crippen LogP contribution in [0.15, 0.2) is 55.2 Å². The molecule has 0 unspecified atom stereocenters. The van der Waals surface area contributed by atoms with Crippen molar-refractivity contribution in [3.8, 4) is 11.1 Å². The molecule has 1 aliphatic carbocycles. The summed E-state index contributed by atoms with van der Waals surface area (Å²) in [6.45, 7) is 5.50. The highest BCUT2D eigenvalue weighted by Crippen LogP contribution is 2.40. The smallest absolute Gasteiger partial charge is 0.225 e. The maximum Gasteiger partial charge on any atom is 0.225 e. The third-order valence-corrected chi connectivity index (χ3v) is 6.31. The molecule has 1 aromatic carbocycles. The Balaban J connectivity index is 1.23. The molecule has 1 saturated carbocycles. The topological polar surface area (TPSA) is 62.5 Å². The first-order valence-corrected chi connectivity index (χ1v) is 11.0. The van der Waals surface area contributed by atoms with Crippen LogP contribution >= 0.6 is 0 Å². The predicted octanol–water partition coefficient (Wildman–Crippen LogP) is 3.70. The molecule has 1 aliphatic heterocycles. The number of piperazine rings is 1. The summed E-state index contributed by atoms with van der Waals surface area (Å²) >= 11 is 0. The summed E-state index contributed by atoms with van der Waals surface area (Å²) in [5.41, 5.74) is 5.99. The normalized spacial score (nSPS) is 16.8. The first kappa shape index (κ1) is 18.3. The number of fused-ring (bicyclic) bond motifs is 1. The molecule has 7 heteroatoms. The van der Waals surface area contributed by atoms with Crippen molar-refractivity contribution in [2.75, 3.05) is 36.0 Å². The zero-order valence-electron chi connectivity index (χ0n) is 17.6. The summed E-state index contributed by atoms with van der Waals surface area (Å²) in [4.78, 5) is 18.2. The molecule has 0 N–H and O–H groups in total. The Morgan fingerprint density at radius 1 is 0.839 bits per heavy atom. The number of aromatic nitrogens is 5. The van der Waals surface area contributed by atoms with Crippen LogP contribution in [0, 0.1) is 6.92 Å². The minimum Gasteiger partial charge on any atom is -0.351 e. The Labute approximate surface area is 181 Å². The van der Waals surface area contributed by atoms with E-state index in [0.29, 0.717) is 0 Å². The van der Waals surface area contributed by atoms with Crippen LogP contribution in [-0.4, -0.2) is 50.7 Å². The minimum atomic E-state index is 0.781. The van der Waals surface area contributed by atoms with Gasteiger partial charge in [-0.15, -0.1) is 0 Å². The van der Waals surface area contributed by atoms with Gasteiger partial charge < -0.3 is 9.80 Å². The lowest BCUT2D eigenvalue weighted by atomic mass is 10.0. The fraction of sp³-hybridized carbons (Fsp3) is 0.333. The lowest BCUT2D eigenvalue weighted by molar-refractivity contribution is 0.633. The third-order valence-electron chi connectivity index (χ3n) is 6.31. The molecule has 0 atom stereocenters. The van der Waals surface area contributed by atoms with Crippen LogP contribution in [0.25, 0.3) is 16.6 Å². The van der Waals surface area contributed by atoms with Crippen molar-refractivity contribution < 1.29 is 0 Å². The lowest BCUT2D eigenvalue weighted by Gasteiger charge is -2.35. The van der Waals surface area contributed by atoms with Crippen LogP contribution < -0.4 is 9.80 Å². The molecule has 2 fully saturated rings. The molecule has 3 aromatic heterocycles. The molecule has 4 aromatic rings. The summed E-state index contributed by atoms with van der Waals surface area (Å²) in [7, 11) is 0. The Hall–Kier alpha value is -3.48. The molecule has 156 valence electrons. The van der Waals surface area contributed by atoms with Crippen molar-refractivity contribution in [2.24, 2.45) is 0 Å². The van der Waals surface area contributed by atoms with E-state index in [-0.39, 0.29) is 0 Å². The van der Waals surface area contributed by atoms with Gasteiger partial charge in [-0.1, -0.05) is 24.3 Å². The molecular weight excluding hydrogens is 386 g/mol. The van der Waals surface area contributed by atoms with Crippen molar-refractivity contribution in [3.63, 3.8) is 0 Å². The summed E-state index contributed by atoms with van der Waals surface area (Å²) in [6.07, 6.45) is 10.2. The van der Waals surface area contributed by atoms with Crippen LogP contribution in [0.2, 0.25) is 0 Å². The summed E-state index contributed by atoms with van der Waals surface area (Å²) in [5.74, 6) is 2.57. The van der Waals surface area contributed by atoms with Gasteiger partial charge in [-0.3, -0.25) is 0 Å². The second kappa shape index (κ2) is 7.34. The molecule has 6 rings (SSSR count). The van der Waals surface area contributed by atoms with Gasteiger partial charge in [0.15, 0.2) is 5.82 Å². The number of hydrogen-bond acceptors (Lipinski definition) is 6. The molecule has 4 heterocycles. The van der Waals surface area contributed by atoms with Gasteiger partial charge in [0.2, 0.25) is 5.95 Å². The van der Waals surface area contributed by atoms with Gasteiger partial charge in [-0.2, -0.15) is 5.10 Å². The van der Waals surface area contributed by atoms with Crippen molar-refractivity contribution in [1.29, 1.82) is 0 Å². The predicted molar refractivity (Wildman–Crippen MR) is 122 cm³/mol. The molecule has 0 amide bonds. The Morgan fingerprint density at radius 2 is 1.55 bits per heavy atom. The van der Waals surface area contributed by atoms with Crippen molar-refractivity contribution in [1.82, 2.24) is 24.6 Å². The van der Waals surface area contributed by atoms with Gasteiger partial charge in [0.25, 0.3) is 0 Å². The Morgan fingerprint density at radius 3 is 2.26 bits per heavy atom. The van der Waals surface area contributed by atoms with Crippen LogP contribution in [0.1, 0.15) is 29.9 Å². The van der Waals surface area contributed by atoms with E-state index in [2.05, 4.69) is 66.4 Å². The van der Waals surface area contributed by atoms with Crippen molar-refractivity contribution in [2.45, 2.75) is 25.7 Å². The molecule has 7 nitrogen and oxygen atoms in total. The van der Waals surface area contributed by atoms with Crippen LogP contribution in [0.3, 0.4) is 0 Å². The number of rotatable bonds is 4. The summed E-state index contributed by atoms with van der Waals surface area (Å²) in [6, 6.07) is 11.2. The van der Waals surface area contributed by atoms with Gasteiger partial charge >= 0.3 is 0 Å². The number of hydrogen-bond donors (Lipinski definition) is 0. The molecule has 0 spiro atoms. The monoisotopic (exact) mass is 411 g/mol. The fourth-order valence-corrected chi connectivity index (χ4v) is 4.35. The van der Waals surface area contributed by atoms with Crippen LogP contribution in [0.5, 0.6) is 0 Å². The van der Waals surface area contributed by atoms with Gasteiger partial charge in [-0.05, 0) is 48.4 Å². The average Bonchev–Trinajstić information content (AvgIpc) is 3.58. The Kier molecular flexibility index (Phi) is 4.33. The standard InChI is InChI=1S/C24H25N7/c1-17-13-25-24(26-14-17)30-10-8-29(9-11-30)23-22-12-21(15-31(22)28-16-27-23)20-6-4-19(5-7-20)18-2-3-18/h4-7,12-16,18H,2-3,8-11H2,1H3. The fourth-order valence-electron chi connectivity index (χ4n) is 4.35. The van der Waals surface area contributed by atoms with Crippen LogP contribution in [0.4, 0.5) is 11.8 Å². The van der Waals surface area contributed by atoms with Crippen molar-refractivity contribution in [3.05, 3.63) is 66.4 Å². The second-order valence-corrected chi connectivity index (χ2v) is 8.57. The van der Waals surface area contributed by atoms with E-state index < -0.39 is 0 Å². The van der Waals surface area contributed by atoms with E-state index in [1.165, 1.54) is 29.5 Å². The van der Waals surface area contributed by atoms with Gasteiger partial charge in [0, 0.05) is 50.3 Å². The summed E-state index contributed by atoms with van der Waals surface area (Å²) in [5, 5.41) is 4.46. The number of benzene rings is 1.